The molecule has 0 radical (unpaired) electrons. The van der Waals surface area contributed by atoms with E-state index in [0.717, 1.165) is 4.31 Å². The summed E-state index contributed by atoms with van der Waals surface area (Å²) in [7, 11) is -0.681. The molecule has 9 heteroatoms. The van der Waals surface area contributed by atoms with Crippen LogP contribution in [0.25, 0.3) is 0 Å². The fraction of sp³-hybridized carbons (Fsp3) is 0.133. The Kier molecular flexibility index (Phi) is 5.78. The summed E-state index contributed by atoms with van der Waals surface area (Å²) in [4.78, 5) is 12.3. The van der Waals surface area contributed by atoms with E-state index in [9.17, 15) is 13.2 Å². The third-order valence-corrected chi connectivity index (χ3v) is 6.02. The van der Waals surface area contributed by atoms with Gasteiger partial charge in [0, 0.05) is 19.7 Å². The Labute approximate surface area is 155 Å². The molecule has 0 saturated heterocycles. The molecule has 0 heterocycles. The van der Waals surface area contributed by atoms with Crippen LogP contribution >= 0.6 is 34.8 Å². The highest BCUT2D eigenvalue weighted by Crippen LogP contribution is 2.32. The number of amides is 1. The topological polar surface area (TPSA) is 66.5 Å². The van der Waals surface area contributed by atoms with Crippen LogP contribution < -0.4 is 5.32 Å². The highest BCUT2D eigenvalue weighted by molar-refractivity contribution is 7.89. The molecule has 1 N–H and O–H groups in total. The van der Waals surface area contributed by atoms with Crippen LogP contribution in [0.1, 0.15) is 10.4 Å². The lowest BCUT2D eigenvalue weighted by Gasteiger charge is -2.12. The third-order valence-electron chi connectivity index (χ3n) is 3.15. The largest absolute Gasteiger partial charge is 0.321 e. The number of carbonyl (C=O) groups excluding carboxylic acids is 1. The van der Waals surface area contributed by atoms with Crippen LogP contribution in [-0.2, 0) is 10.0 Å². The van der Waals surface area contributed by atoms with Crippen LogP contribution in [0.4, 0.5) is 5.69 Å². The maximum absolute atomic E-state index is 12.3. The van der Waals surface area contributed by atoms with E-state index in [4.69, 9.17) is 34.8 Å². The lowest BCUT2D eigenvalue weighted by atomic mass is 10.2. The zero-order valence-electron chi connectivity index (χ0n) is 12.7. The molecule has 0 aliphatic rings. The summed E-state index contributed by atoms with van der Waals surface area (Å²) in [5.74, 6) is -0.455. The first-order chi connectivity index (χ1) is 11.1. The zero-order chi connectivity index (χ0) is 18.1. The van der Waals surface area contributed by atoms with E-state index in [2.05, 4.69) is 5.32 Å². The van der Waals surface area contributed by atoms with Crippen molar-refractivity contribution < 1.29 is 13.2 Å². The summed E-state index contributed by atoms with van der Waals surface area (Å²) in [6.07, 6.45) is 0. The Morgan fingerprint density at radius 1 is 0.958 bits per heavy atom. The molecular weight excluding hydrogens is 395 g/mol. The molecule has 0 unspecified atom stereocenters. The van der Waals surface area contributed by atoms with Gasteiger partial charge in [-0.25, -0.2) is 12.7 Å². The molecule has 2 rings (SSSR count). The van der Waals surface area contributed by atoms with E-state index in [1.807, 2.05) is 0 Å². The number of nitrogens with one attached hydrogen (secondary N) is 1. The number of anilines is 1. The number of hydrogen-bond donors (Lipinski definition) is 1. The van der Waals surface area contributed by atoms with Gasteiger partial charge in [-0.3, -0.25) is 4.79 Å². The van der Waals surface area contributed by atoms with Crippen molar-refractivity contribution in [3.8, 4) is 0 Å². The van der Waals surface area contributed by atoms with Gasteiger partial charge in [0.05, 0.1) is 25.7 Å². The molecule has 0 saturated carbocycles. The maximum atomic E-state index is 12.3. The van der Waals surface area contributed by atoms with Gasteiger partial charge in [0.25, 0.3) is 5.91 Å². The molecule has 5 nitrogen and oxygen atoms in total. The van der Waals surface area contributed by atoms with Crippen LogP contribution in [0.5, 0.6) is 0 Å². The van der Waals surface area contributed by atoms with Crippen LogP contribution in [-0.4, -0.2) is 32.7 Å². The van der Waals surface area contributed by atoms with Crippen molar-refractivity contribution in [3.63, 3.8) is 0 Å². The Bertz CT molecular complexity index is 882. The second-order valence-corrected chi connectivity index (χ2v) is 8.39. The van der Waals surface area contributed by atoms with Gasteiger partial charge in [0.15, 0.2) is 0 Å². The molecule has 128 valence electrons. The first-order valence-electron chi connectivity index (χ1n) is 6.61. The number of rotatable bonds is 4. The van der Waals surface area contributed by atoms with Crippen molar-refractivity contribution >= 4 is 56.4 Å². The molecule has 0 aromatic heterocycles. The Morgan fingerprint density at radius 3 is 2.04 bits per heavy atom. The number of sulfonamides is 1. The van der Waals surface area contributed by atoms with Gasteiger partial charge in [0.1, 0.15) is 0 Å². The number of carbonyl (C=O) groups is 1. The standard InChI is InChI=1S/C15H13Cl3N2O3S/c1-20(2)24(22,23)10-5-3-9(4-6-10)15(21)19-14-8-12(17)11(16)7-13(14)18/h3-8H,1-2H3,(H,19,21). The summed E-state index contributed by atoms with van der Waals surface area (Å²) < 4.78 is 25.1. The van der Waals surface area contributed by atoms with Crippen molar-refractivity contribution in [2.45, 2.75) is 4.90 Å². The first kappa shape index (κ1) is 19.0. The van der Waals surface area contributed by atoms with Gasteiger partial charge >= 0.3 is 0 Å². The van der Waals surface area contributed by atoms with Crippen molar-refractivity contribution in [3.05, 3.63) is 57.0 Å². The fourth-order valence-electron chi connectivity index (χ4n) is 1.80. The molecule has 0 bridgehead atoms. The van der Waals surface area contributed by atoms with Crippen molar-refractivity contribution in [1.82, 2.24) is 4.31 Å². The summed E-state index contributed by atoms with van der Waals surface area (Å²) >= 11 is 17.7. The third kappa shape index (κ3) is 4.02. The molecular formula is C15H13Cl3N2O3S. The molecule has 2 aromatic rings. The maximum Gasteiger partial charge on any atom is 0.255 e. The molecule has 0 aliphatic heterocycles. The number of benzene rings is 2. The second-order valence-electron chi connectivity index (χ2n) is 5.01. The first-order valence-corrected chi connectivity index (χ1v) is 9.19. The van der Waals surface area contributed by atoms with E-state index >= 15 is 0 Å². The summed E-state index contributed by atoms with van der Waals surface area (Å²) in [6, 6.07) is 8.42. The van der Waals surface area contributed by atoms with Gasteiger partial charge in [-0.2, -0.15) is 0 Å². The van der Waals surface area contributed by atoms with Crippen LogP contribution in [0.15, 0.2) is 41.3 Å². The van der Waals surface area contributed by atoms with E-state index in [1.165, 1.54) is 50.5 Å². The number of halogens is 3. The minimum absolute atomic E-state index is 0.0941. The Balaban J connectivity index is 2.24. The second kappa shape index (κ2) is 7.29. The van der Waals surface area contributed by atoms with E-state index in [-0.39, 0.29) is 25.5 Å². The van der Waals surface area contributed by atoms with Crippen molar-refractivity contribution in [2.75, 3.05) is 19.4 Å². The summed E-state index contributed by atoms with van der Waals surface area (Å²) in [5, 5.41) is 3.37. The van der Waals surface area contributed by atoms with E-state index in [1.54, 1.807) is 0 Å². The van der Waals surface area contributed by atoms with Gasteiger partial charge in [-0.1, -0.05) is 34.8 Å². The average molecular weight is 408 g/mol. The molecule has 0 fully saturated rings. The number of nitrogens with zero attached hydrogens (tertiary/aromatic N) is 1. The lowest BCUT2D eigenvalue weighted by molar-refractivity contribution is 0.102. The highest BCUT2D eigenvalue weighted by atomic mass is 35.5. The minimum Gasteiger partial charge on any atom is -0.321 e. The van der Waals surface area contributed by atoms with Crippen LogP contribution in [0.3, 0.4) is 0 Å². The fourth-order valence-corrected chi connectivity index (χ4v) is 3.30. The Hall–Kier alpha value is -1.31. The molecule has 2 aromatic carbocycles. The molecule has 1 amide bonds. The Morgan fingerprint density at radius 2 is 1.50 bits per heavy atom. The van der Waals surface area contributed by atoms with Crippen molar-refractivity contribution in [2.24, 2.45) is 0 Å². The molecule has 0 atom stereocenters. The summed E-state index contributed by atoms with van der Waals surface area (Å²) in [6.45, 7) is 0. The summed E-state index contributed by atoms with van der Waals surface area (Å²) in [5.41, 5.74) is 0.580. The molecule has 0 spiro atoms. The lowest BCUT2D eigenvalue weighted by Crippen LogP contribution is -2.22. The number of hydrogen-bond acceptors (Lipinski definition) is 3. The SMILES string of the molecule is CN(C)S(=O)(=O)c1ccc(C(=O)Nc2cc(Cl)c(Cl)cc2Cl)cc1. The van der Waals surface area contributed by atoms with Gasteiger partial charge in [0.2, 0.25) is 10.0 Å². The molecule has 0 aliphatic carbocycles. The van der Waals surface area contributed by atoms with Crippen molar-refractivity contribution in [1.29, 1.82) is 0 Å². The molecule has 24 heavy (non-hydrogen) atoms. The van der Waals surface area contributed by atoms with Gasteiger partial charge in [-0.05, 0) is 36.4 Å². The van der Waals surface area contributed by atoms with Crippen LogP contribution in [0.2, 0.25) is 15.1 Å². The zero-order valence-corrected chi connectivity index (χ0v) is 15.8. The monoisotopic (exact) mass is 406 g/mol. The smallest absolute Gasteiger partial charge is 0.255 e. The van der Waals surface area contributed by atoms with E-state index < -0.39 is 15.9 Å². The van der Waals surface area contributed by atoms with Gasteiger partial charge in [-0.15, -0.1) is 0 Å². The van der Waals surface area contributed by atoms with Crippen LogP contribution in [0, 0.1) is 0 Å². The average Bonchev–Trinajstić information content (AvgIpc) is 2.52. The van der Waals surface area contributed by atoms with E-state index in [0.29, 0.717) is 5.69 Å². The predicted octanol–water partition coefficient (Wildman–Crippen LogP) is 4.15. The normalized spacial score (nSPS) is 11.6. The highest BCUT2D eigenvalue weighted by Gasteiger charge is 2.18. The van der Waals surface area contributed by atoms with Gasteiger partial charge < -0.3 is 5.32 Å². The predicted molar refractivity (Wildman–Crippen MR) is 96.7 cm³/mol. The minimum atomic E-state index is -3.55. The quantitative estimate of drug-likeness (QED) is 0.774.